The highest BCUT2D eigenvalue weighted by Crippen LogP contribution is 2.38. The monoisotopic (exact) mass is 1070 g/mol. The lowest BCUT2D eigenvalue weighted by Crippen LogP contribution is -2.00. The largest absolute Gasteiger partial charge is 0.309 e. The van der Waals surface area contributed by atoms with Crippen LogP contribution < -0.4 is 0 Å². The molecule has 8 nitrogen and oxygen atoms in total. The predicted molar refractivity (Wildman–Crippen MR) is 342 cm³/mol. The fourth-order valence-corrected chi connectivity index (χ4v) is 11.9. The van der Waals surface area contributed by atoms with E-state index < -0.39 is 0 Å². The van der Waals surface area contributed by atoms with Gasteiger partial charge in [0.15, 0.2) is 17.5 Å². The summed E-state index contributed by atoms with van der Waals surface area (Å²) in [5.41, 5.74) is 15.5. The Morgan fingerprint density at radius 1 is 0.286 bits per heavy atom. The normalized spacial score (nSPS) is 11.3. The Bertz CT molecular complexity index is 5210. The zero-order chi connectivity index (χ0) is 56.1. The molecule has 4 aromatic heterocycles. The van der Waals surface area contributed by atoms with Crippen LogP contribution in [0, 0.1) is 22.7 Å². The molecule has 0 unspecified atom stereocenters. The molecule has 0 aliphatic heterocycles. The molecule has 0 saturated carbocycles. The van der Waals surface area contributed by atoms with Crippen LogP contribution in [-0.2, 0) is 0 Å². The fraction of sp³-hybridized carbons (Fsp3) is 0. The molecule has 0 spiro atoms. The maximum atomic E-state index is 10.1. The van der Waals surface area contributed by atoms with Gasteiger partial charge in [0.1, 0.15) is 0 Å². The van der Waals surface area contributed by atoms with Crippen molar-refractivity contribution in [3.8, 4) is 79.9 Å². The van der Waals surface area contributed by atoms with Crippen molar-refractivity contribution in [3.63, 3.8) is 0 Å². The van der Waals surface area contributed by atoms with Crippen molar-refractivity contribution in [1.29, 1.82) is 10.5 Å². The molecule has 8 heteroatoms. The van der Waals surface area contributed by atoms with E-state index in [1.807, 2.05) is 54.7 Å². The van der Waals surface area contributed by atoms with E-state index in [-0.39, 0.29) is 0 Å². The Balaban J connectivity index is 0.000000143. The number of benzene rings is 12. The average molecular weight is 1070 g/mol. The Labute approximate surface area is 483 Å². The highest BCUT2D eigenvalue weighted by atomic mass is 15.0. The summed E-state index contributed by atoms with van der Waals surface area (Å²) < 4.78 is 4.50. The van der Waals surface area contributed by atoms with Gasteiger partial charge in [-0.25, -0.2) is 15.0 Å². The van der Waals surface area contributed by atoms with E-state index in [4.69, 9.17) is 15.0 Å². The molecule has 0 aliphatic carbocycles. The fourth-order valence-electron chi connectivity index (χ4n) is 11.9. The molecule has 0 amide bonds. The maximum Gasteiger partial charge on any atom is 0.164 e. The van der Waals surface area contributed by atoms with Gasteiger partial charge in [0.2, 0.25) is 0 Å². The van der Waals surface area contributed by atoms with Gasteiger partial charge in [0.05, 0.1) is 50.8 Å². The van der Waals surface area contributed by atoms with Crippen LogP contribution in [0.2, 0.25) is 0 Å². The number of pyridine rings is 1. The van der Waals surface area contributed by atoms with Gasteiger partial charge in [-0.3, -0.25) is 4.98 Å². The Kier molecular flexibility index (Phi) is 12.1. The minimum atomic E-state index is 0.587. The molecule has 16 rings (SSSR count). The van der Waals surface area contributed by atoms with E-state index >= 15 is 0 Å². The molecular formula is C76H46N8. The second kappa shape index (κ2) is 20.7. The first kappa shape index (κ1) is 49.2. The molecule has 4 heterocycles. The average Bonchev–Trinajstić information content (AvgIpc) is 3.29. The van der Waals surface area contributed by atoms with Crippen molar-refractivity contribution in [2.24, 2.45) is 0 Å². The summed E-state index contributed by atoms with van der Waals surface area (Å²) in [6, 6.07) is 98.3. The highest BCUT2D eigenvalue weighted by Gasteiger charge is 2.18. The van der Waals surface area contributed by atoms with Crippen LogP contribution in [0.3, 0.4) is 0 Å². The lowest BCUT2D eigenvalue weighted by atomic mass is 10.0. The molecule has 16 aromatic rings. The zero-order valence-electron chi connectivity index (χ0n) is 45.1. The van der Waals surface area contributed by atoms with Gasteiger partial charge >= 0.3 is 0 Å². The number of aromatic nitrogens is 6. The summed E-state index contributed by atoms with van der Waals surface area (Å²) in [5, 5.41) is 29.9. The molecule has 84 heavy (non-hydrogen) atoms. The van der Waals surface area contributed by atoms with Crippen LogP contribution in [0.4, 0.5) is 0 Å². The van der Waals surface area contributed by atoms with Crippen LogP contribution in [0.5, 0.6) is 0 Å². The van der Waals surface area contributed by atoms with E-state index in [1.54, 1.807) is 0 Å². The van der Waals surface area contributed by atoms with Gasteiger partial charge in [0, 0.05) is 66.8 Å². The van der Waals surface area contributed by atoms with E-state index in [0.29, 0.717) is 28.6 Å². The minimum Gasteiger partial charge on any atom is -0.309 e. The number of nitriles is 2. The van der Waals surface area contributed by atoms with Crippen molar-refractivity contribution in [2.45, 2.75) is 0 Å². The topological polar surface area (TPSA) is 109 Å². The summed E-state index contributed by atoms with van der Waals surface area (Å²) in [6.07, 6.45) is 1.84. The number of hydrogen-bond acceptors (Lipinski definition) is 6. The highest BCUT2D eigenvalue weighted by molar-refractivity contribution is 6.11. The molecule has 0 fully saturated rings. The first-order chi connectivity index (χ1) is 41.5. The van der Waals surface area contributed by atoms with Gasteiger partial charge in [-0.2, -0.15) is 10.5 Å². The molecule has 0 radical (unpaired) electrons. The molecule has 0 saturated heterocycles. The predicted octanol–water partition coefficient (Wildman–Crippen LogP) is 18.7. The second-order valence-corrected chi connectivity index (χ2v) is 20.9. The standard InChI is InChI=1S/C38H22N4.C38H24N4/c39-23-25-16-17-38-34(20-25)33-12-3-6-15-37(33)42(38)30-19-26(24-40)18-28(22-30)27-8-7-9-29(21-27)41-35-13-4-1-10-31(35)32-11-2-5-14-36(32)41;1-3-9-30-23-32(20-14-25(30)7-1)37-40-36(41-38(42-37)33-21-15-26-8-2-4-10-31(26)24-33)29-18-16-27(17-19-29)34-13-5-11-28-12-6-22-39-35(28)34/h1-22H;1-24H. The first-order valence-corrected chi connectivity index (χ1v) is 27.8. The minimum absolute atomic E-state index is 0.587. The lowest BCUT2D eigenvalue weighted by molar-refractivity contribution is 1.08. The van der Waals surface area contributed by atoms with Crippen LogP contribution in [-0.4, -0.2) is 29.1 Å². The molecular weight excluding hydrogens is 1020 g/mol. The lowest BCUT2D eigenvalue weighted by Gasteiger charge is -2.13. The van der Waals surface area contributed by atoms with Crippen LogP contribution in [0.1, 0.15) is 11.1 Å². The molecule has 390 valence electrons. The van der Waals surface area contributed by atoms with E-state index in [2.05, 4.69) is 251 Å². The van der Waals surface area contributed by atoms with Crippen LogP contribution >= 0.6 is 0 Å². The van der Waals surface area contributed by atoms with E-state index in [0.717, 1.165) is 105 Å². The van der Waals surface area contributed by atoms with Gasteiger partial charge in [-0.05, 0) is 123 Å². The number of nitrogens with zero attached hydrogens (tertiary/aromatic N) is 8. The van der Waals surface area contributed by atoms with E-state index in [1.165, 1.54) is 21.5 Å². The second-order valence-electron chi connectivity index (χ2n) is 20.9. The number of fused-ring (bicyclic) bond motifs is 9. The van der Waals surface area contributed by atoms with Crippen LogP contribution in [0.15, 0.2) is 279 Å². The first-order valence-electron chi connectivity index (χ1n) is 27.8. The third-order valence-electron chi connectivity index (χ3n) is 15.9. The Hall–Kier alpha value is -11.8. The van der Waals surface area contributed by atoms with Gasteiger partial charge in [-0.1, -0.05) is 188 Å². The van der Waals surface area contributed by atoms with Crippen molar-refractivity contribution in [3.05, 3.63) is 290 Å². The van der Waals surface area contributed by atoms with Crippen LogP contribution in [0.25, 0.3) is 144 Å². The Morgan fingerprint density at radius 2 is 0.774 bits per heavy atom. The summed E-state index contributed by atoms with van der Waals surface area (Å²) in [7, 11) is 0. The smallest absolute Gasteiger partial charge is 0.164 e. The van der Waals surface area contributed by atoms with Gasteiger partial charge in [-0.15, -0.1) is 0 Å². The summed E-state index contributed by atoms with van der Waals surface area (Å²) in [5.74, 6) is 1.94. The van der Waals surface area contributed by atoms with Gasteiger partial charge < -0.3 is 9.13 Å². The third kappa shape index (κ3) is 8.81. The number of rotatable bonds is 7. The van der Waals surface area contributed by atoms with Crippen molar-refractivity contribution in [2.75, 3.05) is 0 Å². The molecule has 12 aromatic carbocycles. The third-order valence-corrected chi connectivity index (χ3v) is 15.9. The van der Waals surface area contributed by atoms with Crippen molar-refractivity contribution in [1.82, 2.24) is 29.1 Å². The number of hydrogen-bond donors (Lipinski definition) is 0. The SMILES string of the molecule is N#Cc1cc(-c2cccc(-n3c4ccccc4c4ccccc43)c2)cc(-n2c3ccccc3c3cc(C#N)ccc32)c1.c1ccc2cc(-c3nc(-c4ccc(-c5cccc6cccnc56)cc4)nc(-c4ccc5ccccc5c4)n3)ccc2c1. The Morgan fingerprint density at radius 3 is 1.40 bits per heavy atom. The van der Waals surface area contributed by atoms with Gasteiger partial charge in [0.25, 0.3) is 0 Å². The summed E-state index contributed by atoms with van der Waals surface area (Å²) in [4.78, 5) is 19.6. The molecule has 0 bridgehead atoms. The van der Waals surface area contributed by atoms with Crippen molar-refractivity contribution >= 4 is 76.1 Å². The quantitative estimate of drug-likeness (QED) is 0.157. The van der Waals surface area contributed by atoms with E-state index in [9.17, 15) is 10.5 Å². The molecule has 0 atom stereocenters. The zero-order valence-corrected chi connectivity index (χ0v) is 45.1. The maximum absolute atomic E-state index is 10.1. The number of para-hydroxylation sites is 4. The molecule has 0 aliphatic rings. The summed E-state index contributed by atoms with van der Waals surface area (Å²) >= 11 is 0. The summed E-state index contributed by atoms with van der Waals surface area (Å²) in [6.45, 7) is 0. The molecule has 0 N–H and O–H groups in total. The van der Waals surface area contributed by atoms with Crippen molar-refractivity contribution < 1.29 is 0 Å².